The molecule has 1 aliphatic carbocycles. The number of allylic oxidation sites excluding steroid dienone is 2. The number of rotatable bonds is 2. The maximum Gasteiger partial charge on any atom is 0.142 e. The van der Waals surface area contributed by atoms with Gasteiger partial charge in [0, 0.05) is 16.0 Å². The van der Waals surface area contributed by atoms with Gasteiger partial charge in [0.2, 0.25) is 0 Å². The minimum absolute atomic E-state index is 0.137. The van der Waals surface area contributed by atoms with Crippen LogP contribution in [0.2, 0.25) is 10.0 Å². The van der Waals surface area contributed by atoms with Crippen LogP contribution in [0.4, 0.5) is 5.69 Å². The summed E-state index contributed by atoms with van der Waals surface area (Å²) >= 11 is 12.6. The maximum atomic E-state index is 6.51. The molecule has 0 fully saturated rings. The number of benzene rings is 2. The zero-order valence-electron chi connectivity index (χ0n) is 13.6. The summed E-state index contributed by atoms with van der Waals surface area (Å²) < 4.78 is 5.61. The summed E-state index contributed by atoms with van der Waals surface area (Å²) in [6.45, 7) is 2.17. The van der Waals surface area contributed by atoms with Gasteiger partial charge in [-0.3, -0.25) is 0 Å². The first-order valence-electron chi connectivity index (χ1n) is 8.15. The van der Waals surface area contributed by atoms with Gasteiger partial charge in [0.05, 0.1) is 18.8 Å². The van der Waals surface area contributed by atoms with Crippen LogP contribution in [0.25, 0.3) is 0 Å². The molecular weight excluding hydrogens is 341 g/mol. The lowest BCUT2D eigenvalue weighted by Gasteiger charge is -2.39. The van der Waals surface area contributed by atoms with Gasteiger partial charge in [0.15, 0.2) is 0 Å². The molecule has 0 saturated heterocycles. The molecule has 0 aromatic heterocycles. The summed E-state index contributed by atoms with van der Waals surface area (Å²) in [4.78, 5) is 0. The lowest BCUT2D eigenvalue weighted by atomic mass is 9.75. The topological polar surface area (TPSA) is 21.3 Å². The highest BCUT2D eigenvalue weighted by Crippen LogP contribution is 2.54. The molecule has 3 atom stereocenters. The molecule has 4 heteroatoms. The normalized spacial score (nSPS) is 24.2. The smallest absolute Gasteiger partial charge is 0.142 e. The lowest BCUT2D eigenvalue weighted by molar-refractivity contribution is 0.396. The van der Waals surface area contributed by atoms with Crippen LogP contribution in [0.3, 0.4) is 0 Å². The van der Waals surface area contributed by atoms with E-state index >= 15 is 0 Å². The Kier molecular flexibility index (Phi) is 3.98. The van der Waals surface area contributed by atoms with Crippen molar-refractivity contribution in [3.8, 4) is 5.75 Å². The summed E-state index contributed by atoms with van der Waals surface area (Å²) in [5.74, 6) is 1.71. The number of ether oxygens (including phenoxy) is 1. The van der Waals surface area contributed by atoms with Gasteiger partial charge in [-0.2, -0.15) is 0 Å². The van der Waals surface area contributed by atoms with Crippen molar-refractivity contribution < 1.29 is 4.74 Å². The minimum Gasteiger partial charge on any atom is -0.495 e. The highest BCUT2D eigenvalue weighted by Gasteiger charge is 2.40. The lowest BCUT2D eigenvalue weighted by Crippen LogP contribution is -2.30. The number of hydrogen-bond acceptors (Lipinski definition) is 2. The van der Waals surface area contributed by atoms with Crippen molar-refractivity contribution in [2.24, 2.45) is 5.92 Å². The SMILES string of the molecule is COc1ccc(C)c2c1N[C@@H](c1ccc(Cl)cc1Cl)[C@H]1CC=C[C@@H]21. The monoisotopic (exact) mass is 359 g/mol. The average Bonchev–Trinajstić information content (AvgIpc) is 3.04. The zero-order valence-corrected chi connectivity index (χ0v) is 15.2. The summed E-state index contributed by atoms with van der Waals surface area (Å²) in [5, 5.41) is 5.08. The molecule has 4 rings (SSSR count). The van der Waals surface area contributed by atoms with Gasteiger partial charge in [0.1, 0.15) is 5.75 Å². The molecule has 2 aromatic rings. The highest BCUT2D eigenvalue weighted by molar-refractivity contribution is 6.35. The molecule has 0 radical (unpaired) electrons. The van der Waals surface area contributed by atoms with Crippen molar-refractivity contribution in [1.29, 1.82) is 0 Å². The van der Waals surface area contributed by atoms with Crippen LogP contribution in [-0.4, -0.2) is 7.11 Å². The number of fused-ring (bicyclic) bond motifs is 3. The molecule has 1 aliphatic heterocycles. The molecule has 124 valence electrons. The Balaban J connectivity index is 1.87. The van der Waals surface area contributed by atoms with Gasteiger partial charge in [-0.1, -0.05) is 47.5 Å². The Hall–Kier alpha value is -1.64. The van der Waals surface area contributed by atoms with Crippen LogP contribution in [0.5, 0.6) is 5.75 Å². The van der Waals surface area contributed by atoms with E-state index in [2.05, 4.69) is 30.5 Å². The quantitative estimate of drug-likeness (QED) is 0.650. The number of nitrogens with one attached hydrogen (secondary N) is 1. The summed E-state index contributed by atoms with van der Waals surface area (Å²) in [7, 11) is 1.72. The Morgan fingerprint density at radius 3 is 2.75 bits per heavy atom. The van der Waals surface area contributed by atoms with E-state index in [9.17, 15) is 0 Å². The van der Waals surface area contributed by atoms with Crippen LogP contribution in [0.1, 0.15) is 35.1 Å². The van der Waals surface area contributed by atoms with E-state index in [1.807, 2.05) is 24.3 Å². The van der Waals surface area contributed by atoms with E-state index in [-0.39, 0.29) is 6.04 Å². The summed E-state index contributed by atoms with van der Waals surface area (Å²) in [6.07, 6.45) is 5.65. The first-order chi connectivity index (χ1) is 11.6. The minimum atomic E-state index is 0.137. The predicted molar refractivity (Wildman–Crippen MR) is 101 cm³/mol. The third-order valence-corrected chi connectivity index (χ3v) is 5.78. The molecule has 2 aromatic carbocycles. The van der Waals surface area contributed by atoms with Crippen LogP contribution in [-0.2, 0) is 0 Å². The van der Waals surface area contributed by atoms with Crippen molar-refractivity contribution in [3.63, 3.8) is 0 Å². The Labute approximate surface area is 152 Å². The van der Waals surface area contributed by atoms with Crippen molar-refractivity contribution in [2.45, 2.75) is 25.3 Å². The van der Waals surface area contributed by atoms with Crippen molar-refractivity contribution in [2.75, 3.05) is 12.4 Å². The number of halogens is 2. The molecule has 0 unspecified atom stereocenters. The molecule has 0 bridgehead atoms. The molecule has 2 aliphatic rings. The van der Waals surface area contributed by atoms with Crippen molar-refractivity contribution >= 4 is 28.9 Å². The highest BCUT2D eigenvalue weighted by atomic mass is 35.5. The molecule has 0 saturated carbocycles. The van der Waals surface area contributed by atoms with Crippen LogP contribution in [0, 0.1) is 12.8 Å². The summed E-state index contributed by atoms with van der Waals surface area (Å²) in [5.41, 5.74) is 4.81. The molecule has 2 nitrogen and oxygen atoms in total. The van der Waals surface area contributed by atoms with E-state index in [0.29, 0.717) is 21.9 Å². The van der Waals surface area contributed by atoms with E-state index in [4.69, 9.17) is 27.9 Å². The van der Waals surface area contributed by atoms with Gasteiger partial charge >= 0.3 is 0 Å². The Morgan fingerprint density at radius 1 is 1.17 bits per heavy atom. The Bertz CT molecular complexity index is 831. The third kappa shape index (κ3) is 2.40. The second kappa shape index (κ2) is 6.02. The average molecular weight is 360 g/mol. The van der Waals surface area contributed by atoms with Crippen molar-refractivity contribution in [1.82, 2.24) is 0 Å². The van der Waals surface area contributed by atoms with E-state index in [1.165, 1.54) is 11.1 Å². The van der Waals surface area contributed by atoms with Gasteiger partial charge in [-0.05, 0) is 54.2 Å². The van der Waals surface area contributed by atoms with Gasteiger partial charge in [-0.15, -0.1) is 0 Å². The number of methoxy groups -OCH3 is 1. The number of anilines is 1. The van der Waals surface area contributed by atoms with E-state index in [1.54, 1.807) is 7.11 Å². The van der Waals surface area contributed by atoms with Crippen LogP contribution < -0.4 is 10.1 Å². The van der Waals surface area contributed by atoms with E-state index in [0.717, 1.165) is 23.4 Å². The number of aryl methyl sites for hydroxylation is 1. The molecule has 0 spiro atoms. The summed E-state index contributed by atoms with van der Waals surface area (Å²) in [6, 6.07) is 10.1. The molecule has 0 amide bonds. The molecule has 1 heterocycles. The van der Waals surface area contributed by atoms with Gasteiger partial charge in [-0.25, -0.2) is 0 Å². The third-order valence-electron chi connectivity index (χ3n) is 5.22. The first kappa shape index (κ1) is 15.9. The molecular formula is C20H19Cl2NO. The predicted octanol–water partition coefficient (Wildman–Crippen LogP) is 6.14. The van der Waals surface area contributed by atoms with Gasteiger partial charge < -0.3 is 10.1 Å². The van der Waals surface area contributed by atoms with Crippen LogP contribution >= 0.6 is 23.2 Å². The van der Waals surface area contributed by atoms with Crippen LogP contribution in [0.15, 0.2) is 42.5 Å². The number of hydrogen-bond donors (Lipinski definition) is 1. The Morgan fingerprint density at radius 2 is 2.00 bits per heavy atom. The fraction of sp³-hybridized carbons (Fsp3) is 0.300. The van der Waals surface area contributed by atoms with Crippen molar-refractivity contribution in [3.05, 3.63) is 69.2 Å². The van der Waals surface area contributed by atoms with Gasteiger partial charge in [0.25, 0.3) is 0 Å². The standard InChI is InChI=1S/C20H19Cl2NO/c1-11-6-9-17(24-2)20-18(11)13-4-3-5-14(13)19(23-20)15-8-7-12(21)10-16(15)22/h3-4,6-10,13-14,19,23H,5H2,1-2H3/t13-,14+,19-/m1/s1. The zero-order chi connectivity index (χ0) is 16.8. The second-order valence-corrected chi connectivity index (χ2v) is 7.36. The molecule has 24 heavy (non-hydrogen) atoms. The maximum absolute atomic E-state index is 6.51. The molecule has 1 N–H and O–H groups in total. The fourth-order valence-electron chi connectivity index (χ4n) is 4.10. The van der Waals surface area contributed by atoms with E-state index < -0.39 is 0 Å². The largest absolute Gasteiger partial charge is 0.495 e. The fourth-order valence-corrected chi connectivity index (χ4v) is 4.63. The second-order valence-electron chi connectivity index (χ2n) is 6.51. The first-order valence-corrected chi connectivity index (χ1v) is 8.91.